The summed E-state index contributed by atoms with van der Waals surface area (Å²) >= 11 is 5.88. The first kappa shape index (κ1) is 18.4. The molecule has 0 aliphatic rings. The highest BCUT2D eigenvalue weighted by Gasteiger charge is 2.21. The van der Waals surface area contributed by atoms with Crippen LogP contribution in [0.2, 0.25) is 5.02 Å². The van der Waals surface area contributed by atoms with Crippen molar-refractivity contribution in [2.45, 2.75) is 32.7 Å². The Balaban J connectivity index is 1.97. The second-order valence-electron chi connectivity index (χ2n) is 5.41. The van der Waals surface area contributed by atoms with Crippen LogP contribution < -0.4 is 10.6 Å². The van der Waals surface area contributed by atoms with Crippen LogP contribution >= 0.6 is 11.6 Å². The maximum Gasteiger partial charge on any atom is 0.246 e. The summed E-state index contributed by atoms with van der Waals surface area (Å²) in [6.45, 7) is 6.30. The molecule has 0 aliphatic carbocycles. The van der Waals surface area contributed by atoms with Crippen molar-refractivity contribution in [1.29, 1.82) is 0 Å². The number of benzene rings is 1. The number of hydrogen-bond donors (Lipinski definition) is 2. The van der Waals surface area contributed by atoms with Crippen molar-refractivity contribution < 1.29 is 4.79 Å². The molecule has 24 heavy (non-hydrogen) atoms. The van der Waals surface area contributed by atoms with E-state index >= 15 is 0 Å². The summed E-state index contributed by atoms with van der Waals surface area (Å²) in [5, 5.41) is 19.2. The molecule has 8 heteroatoms. The third-order valence-corrected chi connectivity index (χ3v) is 3.78. The van der Waals surface area contributed by atoms with Gasteiger partial charge in [0.1, 0.15) is 0 Å². The fourth-order valence-electron chi connectivity index (χ4n) is 2.22. The topological polar surface area (TPSA) is 84.7 Å². The van der Waals surface area contributed by atoms with E-state index in [2.05, 4.69) is 33.0 Å². The number of amides is 1. The van der Waals surface area contributed by atoms with Gasteiger partial charge in [-0.15, -0.1) is 10.2 Å². The number of halogens is 1. The molecule has 0 saturated heterocycles. The van der Waals surface area contributed by atoms with Gasteiger partial charge in [0, 0.05) is 23.7 Å². The average molecular weight is 351 g/mol. The Morgan fingerprint density at radius 2 is 1.96 bits per heavy atom. The quantitative estimate of drug-likeness (QED) is 0.676. The number of rotatable bonds is 9. The summed E-state index contributed by atoms with van der Waals surface area (Å²) in [4.78, 5) is 13.7. The summed E-state index contributed by atoms with van der Waals surface area (Å²) < 4.78 is 0. The molecule has 1 unspecified atom stereocenters. The van der Waals surface area contributed by atoms with Gasteiger partial charge in [-0.3, -0.25) is 4.79 Å². The molecule has 1 aromatic carbocycles. The van der Waals surface area contributed by atoms with E-state index in [0.717, 1.165) is 25.1 Å². The van der Waals surface area contributed by atoms with Crippen molar-refractivity contribution >= 4 is 17.5 Å². The van der Waals surface area contributed by atoms with E-state index in [4.69, 9.17) is 11.6 Å². The molecule has 1 aromatic heterocycles. The van der Waals surface area contributed by atoms with E-state index in [1.165, 1.54) is 4.80 Å². The van der Waals surface area contributed by atoms with Crippen LogP contribution in [-0.4, -0.2) is 45.7 Å². The van der Waals surface area contributed by atoms with Gasteiger partial charge < -0.3 is 10.6 Å². The minimum absolute atomic E-state index is 0.101. The highest BCUT2D eigenvalue weighted by Crippen LogP contribution is 2.18. The van der Waals surface area contributed by atoms with E-state index in [1.807, 2.05) is 19.1 Å². The molecule has 0 fully saturated rings. The van der Waals surface area contributed by atoms with E-state index in [-0.39, 0.29) is 5.91 Å². The first-order valence-corrected chi connectivity index (χ1v) is 8.57. The Labute approximate surface area is 146 Å². The predicted octanol–water partition coefficient (Wildman–Crippen LogP) is 2.06. The normalized spacial score (nSPS) is 12.1. The molecule has 1 amide bonds. The Bertz CT molecular complexity index is 642. The Morgan fingerprint density at radius 3 is 2.62 bits per heavy atom. The number of hydrogen-bond acceptors (Lipinski definition) is 5. The van der Waals surface area contributed by atoms with Crippen molar-refractivity contribution in [3.63, 3.8) is 0 Å². The minimum Gasteiger partial charge on any atom is -0.353 e. The van der Waals surface area contributed by atoms with Crippen molar-refractivity contribution in [2.24, 2.45) is 0 Å². The van der Waals surface area contributed by atoms with E-state index < -0.39 is 6.04 Å². The minimum atomic E-state index is -0.468. The van der Waals surface area contributed by atoms with Crippen molar-refractivity contribution in [2.75, 3.05) is 19.6 Å². The molecule has 2 N–H and O–H groups in total. The van der Waals surface area contributed by atoms with Crippen LogP contribution in [0.5, 0.6) is 0 Å². The van der Waals surface area contributed by atoms with Crippen molar-refractivity contribution in [3.05, 3.63) is 29.3 Å². The lowest BCUT2D eigenvalue weighted by atomic mass is 10.2. The largest absolute Gasteiger partial charge is 0.353 e. The lowest BCUT2D eigenvalue weighted by Gasteiger charge is -2.13. The third kappa shape index (κ3) is 5.01. The fourth-order valence-corrected chi connectivity index (χ4v) is 2.34. The number of aromatic nitrogens is 4. The van der Waals surface area contributed by atoms with Gasteiger partial charge in [0.2, 0.25) is 11.7 Å². The zero-order valence-electron chi connectivity index (χ0n) is 14.0. The van der Waals surface area contributed by atoms with Crippen LogP contribution in [0.15, 0.2) is 24.3 Å². The lowest BCUT2D eigenvalue weighted by Crippen LogP contribution is -2.37. The number of carbonyl (C=O) groups excluding carboxylic acids is 1. The molecule has 130 valence electrons. The van der Waals surface area contributed by atoms with Gasteiger partial charge in [-0.1, -0.05) is 25.4 Å². The van der Waals surface area contributed by atoms with Gasteiger partial charge >= 0.3 is 0 Å². The van der Waals surface area contributed by atoms with Gasteiger partial charge in [0.15, 0.2) is 6.04 Å². The summed E-state index contributed by atoms with van der Waals surface area (Å²) in [6.07, 6.45) is 1.66. The van der Waals surface area contributed by atoms with Crippen LogP contribution in [0.4, 0.5) is 0 Å². The molecule has 2 rings (SSSR count). The standard InChI is InChI=1S/C16H23ClN6O/c1-3-9-18-10-11-19-16(24)14(4-2)23-21-15(20-22-23)12-5-7-13(17)8-6-12/h5-8,14,18H,3-4,9-11H2,1-2H3,(H,19,24). The van der Waals surface area contributed by atoms with E-state index in [1.54, 1.807) is 12.1 Å². The van der Waals surface area contributed by atoms with Gasteiger partial charge in [0.25, 0.3) is 0 Å². The summed E-state index contributed by atoms with van der Waals surface area (Å²) in [5.41, 5.74) is 0.810. The SMILES string of the molecule is CCCNCCNC(=O)C(CC)n1nnc(-c2ccc(Cl)cc2)n1. The summed E-state index contributed by atoms with van der Waals surface area (Å²) in [6, 6.07) is 6.72. The molecule has 1 atom stereocenters. The fraction of sp³-hybridized carbons (Fsp3) is 0.500. The van der Waals surface area contributed by atoms with Gasteiger partial charge in [-0.05, 0) is 48.9 Å². The molecule has 0 bridgehead atoms. The van der Waals surface area contributed by atoms with E-state index in [0.29, 0.717) is 23.8 Å². The monoisotopic (exact) mass is 350 g/mol. The first-order chi connectivity index (χ1) is 11.7. The van der Waals surface area contributed by atoms with Crippen LogP contribution in [0.3, 0.4) is 0 Å². The summed E-state index contributed by atoms with van der Waals surface area (Å²) in [5.74, 6) is 0.374. The summed E-state index contributed by atoms with van der Waals surface area (Å²) in [7, 11) is 0. The number of nitrogens with zero attached hydrogens (tertiary/aromatic N) is 4. The molecule has 0 radical (unpaired) electrons. The van der Waals surface area contributed by atoms with Crippen LogP contribution in [0.25, 0.3) is 11.4 Å². The number of tetrazole rings is 1. The highest BCUT2D eigenvalue weighted by molar-refractivity contribution is 6.30. The third-order valence-electron chi connectivity index (χ3n) is 3.53. The zero-order chi connectivity index (χ0) is 17.4. The molecule has 2 aromatic rings. The van der Waals surface area contributed by atoms with Gasteiger partial charge in [-0.25, -0.2) is 0 Å². The molecule has 0 spiro atoms. The first-order valence-electron chi connectivity index (χ1n) is 8.19. The molecule has 1 heterocycles. The maximum atomic E-state index is 12.3. The number of carbonyl (C=O) groups is 1. The van der Waals surface area contributed by atoms with Crippen molar-refractivity contribution in [3.8, 4) is 11.4 Å². The molecular weight excluding hydrogens is 328 g/mol. The molecule has 7 nitrogen and oxygen atoms in total. The predicted molar refractivity (Wildman–Crippen MR) is 93.8 cm³/mol. The second kappa shape index (κ2) is 9.34. The van der Waals surface area contributed by atoms with E-state index in [9.17, 15) is 4.79 Å². The molecule has 0 aliphatic heterocycles. The van der Waals surface area contributed by atoms with Crippen molar-refractivity contribution in [1.82, 2.24) is 30.8 Å². The van der Waals surface area contributed by atoms with Crippen LogP contribution in [0, 0.1) is 0 Å². The Morgan fingerprint density at radius 1 is 1.21 bits per heavy atom. The maximum absolute atomic E-state index is 12.3. The Kier molecular flexibility index (Phi) is 7.14. The van der Waals surface area contributed by atoms with Crippen LogP contribution in [-0.2, 0) is 4.79 Å². The van der Waals surface area contributed by atoms with Gasteiger partial charge in [-0.2, -0.15) is 4.80 Å². The van der Waals surface area contributed by atoms with Crippen LogP contribution in [0.1, 0.15) is 32.7 Å². The Hall–Kier alpha value is -1.99. The zero-order valence-corrected chi connectivity index (χ0v) is 14.8. The lowest BCUT2D eigenvalue weighted by molar-refractivity contribution is -0.125. The molecule has 0 saturated carbocycles. The average Bonchev–Trinajstić information content (AvgIpc) is 3.05. The molecular formula is C16H23ClN6O. The smallest absolute Gasteiger partial charge is 0.246 e. The highest BCUT2D eigenvalue weighted by atomic mass is 35.5. The number of nitrogens with one attached hydrogen (secondary N) is 2. The van der Waals surface area contributed by atoms with Gasteiger partial charge in [0.05, 0.1) is 0 Å². The second-order valence-corrected chi connectivity index (χ2v) is 5.84.